The Morgan fingerprint density at radius 1 is 0.920 bits per heavy atom. The lowest BCUT2D eigenvalue weighted by Gasteiger charge is -2.23. The standard InChI is InChI=1S/C21H42O3S/c1-6-8-10-11-12-13-14-16-20(4)18-21(24-25(5,22)23)17-19(3)15-9-7-2/h6,19-21H,1,7-18H2,2-5H3/t19-,20-,21-/m1/s1. The van der Waals surface area contributed by atoms with Crippen molar-refractivity contribution in [3.8, 4) is 0 Å². The highest BCUT2D eigenvalue weighted by Crippen LogP contribution is 2.24. The Morgan fingerprint density at radius 3 is 1.96 bits per heavy atom. The molecule has 0 aliphatic carbocycles. The summed E-state index contributed by atoms with van der Waals surface area (Å²) in [5, 5.41) is 0. The van der Waals surface area contributed by atoms with E-state index in [1.807, 2.05) is 6.08 Å². The molecule has 4 heteroatoms. The van der Waals surface area contributed by atoms with Gasteiger partial charge in [0.1, 0.15) is 0 Å². The van der Waals surface area contributed by atoms with Crippen molar-refractivity contribution in [1.82, 2.24) is 0 Å². The van der Waals surface area contributed by atoms with Crippen molar-refractivity contribution in [2.24, 2.45) is 11.8 Å². The third-order valence-corrected chi connectivity index (χ3v) is 5.42. The van der Waals surface area contributed by atoms with Crippen LogP contribution in [-0.2, 0) is 14.3 Å². The third kappa shape index (κ3) is 16.8. The van der Waals surface area contributed by atoms with Crippen molar-refractivity contribution >= 4 is 10.1 Å². The zero-order valence-electron chi connectivity index (χ0n) is 17.1. The summed E-state index contributed by atoms with van der Waals surface area (Å²) in [6.45, 7) is 10.4. The van der Waals surface area contributed by atoms with Gasteiger partial charge >= 0.3 is 0 Å². The maximum Gasteiger partial charge on any atom is 0.264 e. The Bertz CT molecular complexity index is 417. The fourth-order valence-corrected chi connectivity index (χ4v) is 4.07. The van der Waals surface area contributed by atoms with Gasteiger partial charge in [-0.15, -0.1) is 6.58 Å². The van der Waals surface area contributed by atoms with E-state index >= 15 is 0 Å². The molecule has 3 nitrogen and oxygen atoms in total. The first-order chi connectivity index (χ1) is 11.8. The SMILES string of the molecule is C=CCCCCCCC[C@@H](C)C[C@@H](C[C@H](C)CCCC)OS(C)(=O)=O. The summed E-state index contributed by atoms with van der Waals surface area (Å²) in [5.74, 6) is 1.03. The second-order valence-electron chi connectivity index (χ2n) is 7.88. The Kier molecular flexibility index (Phi) is 14.6. The number of rotatable bonds is 17. The molecule has 0 aromatic heterocycles. The molecule has 0 amide bonds. The monoisotopic (exact) mass is 374 g/mol. The Hall–Kier alpha value is -0.350. The van der Waals surface area contributed by atoms with Gasteiger partial charge in [-0.1, -0.05) is 78.2 Å². The van der Waals surface area contributed by atoms with Crippen LogP contribution in [0.5, 0.6) is 0 Å². The van der Waals surface area contributed by atoms with E-state index in [1.165, 1.54) is 51.2 Å². The first-order valence-corrected chi connectivity index (χ1v) is 12.1. The van der Waals surface area contributed by atoms with Crippen molar-refractivity contribution in [2.45, 2.75) is 104 Å². The predicted octanol–water partition coefficient (Wildman–Crippen LogP) is 6.49. The third-order valence-electron chi connectivity index (χ3n) is 4.80. The summed E-state index contributed by atoms with van der Waals surface area (Å²) in [7, 11) is -3.38. The highest BCUT2D eigenvalue weighted by atomic mass is 32.2. The van der Waals surface area contributed by atoms with Gasteiger partial charge in [-0.3, -0.25) is 4.18 Å². The van der Waals surface area contributed by atoms with Crippen LogP contribution in [0.1, 0.15) is 97.8 Å². The average molecular weight is 375 g/mol. The number of hydrogen-bond donors (Lipinski definition) is 0. The summed E-state index contributed by atoms with van der Waals surface area (Å²) in [6.07, 6.45) is 16.8. The first-order valence-electron chi connectivity index (χ1n) is 10.3. The molecule has 0 aliphatic heterocycles. The van der Waals surface area contributed by atoms with Crippen LogP contribution < -0.4 is 0 Å². The maximum atomic E-state index is 11.6. The van der Waals surface area contributed by atoms with Crippen LogP contribution in [0.3, 0.4) is 0 Å². The molecule has 0 N–H and O–H groups in total. The highest BCUT2D eigenvalue weighted by molar-refractivity contribution is 7.86. The molecule has 0 aliphatic rings. The molecule has 0 saturated heterocycles. The van der Waals surface area contributed by atoms with Crippen molar-refractivity contribution < 1.29 is 12.6 Å². The molecule has 0 aromatic rings. The minimum absolute atomic E-state index is 0.163. The normalized spacial score (nSPS) is 15.7. The van der Waals surface area contributed by atoms with Gasteiger partial charge < -0.3 is 0 Å². The van der Waals surface area contributed by atoms with E-state index in [0.717, 1.165) is 32.1 Å². The molecule has 0 fully saturated rings. The van der Waals surface area contributed by atoms with E-state index in [2.05, 4.69) is 27.4 Å². The second-order valence-corrected chi connectivity index (χ2v) is 9.48. The summed E-state index contributed by atoms with van der Waals surface area (Å²) >= 11 is 0. The first kappa shape index (κ1) is 24.7. The number of allylic oxidation sites excluding steroid dienone is 1. The van der Waals surface area contributed by atoms with Crippen LogP contribution in [-0.4, -0.2) is 20.8 Å². The van der Waals surface area contributed by atoms with Gasteiger partial charge in [0, 0.05) is 0 Å². The molecule has 0 rings (SSSR count). The van der Waals surface area contributed by atoms with Crippen LogP contribution in [0.4, 0.5) is 0 Å². The van der Waals surface area contributed by atoms with Crippen LogP contribution in [0.15, 0.2) is 12.7 Å². The molecular weight excluding hydrogens is 332 g/mol. The zero-order chi connectivity index (χ0) is 19.1. The van der Waals surface area contributed by atoms with Gasteiger partial charge in [0.05, 0.1) is 12.4 Å². The average Bonchev–Trinajstić information content (AvgIpc) is 2.50. The van der Waals surface area contributed by atoms with E-state index in [4.69, 9.17) is 4.18 Å². The Balaban J connectivity index is 4.17. The van der Waals surface area contributed by atoms with E-state index in [9.17, 15) is 8.42 Å². The van der Waals surface area contributed by atoms with E-state index in [1.54, 1.807) is 0 Å². The Morgan fingerprint density at radius 2 is 1.44 bits per heavy atom. The molecule has 0 bridgehead atoms. The second kappa shape index (κ2) is 14.8. The molecule has 0 heterocycles. The zero-order valence-corrected chi connectivity index (χ0v) is 18.0. The van der Waals surface area contributed by atoms with Crippen LogP contribution >= 0.6 is 0 Å². The van der Waals surface area contributed by atoms with E-state index in [0.29, 0.717) is 11.8 Å². The molecule has 0 unspecified atom stereocenters. The number of unbranched alkanes of at least 4 members (excludes halogenated alkanes) is 6. The molecule has 25 heavy (non-hydrogen) atoms. The maximum absolute atomic E-state index is 11.6. The lowest BCUT2D eigenvalue weighted by Crippen LogP contribution is -2.23. The minimum Gasteiger partial charge on any atom is -0.267 e. The highest BCUT2D eigenvalue weighted by Gasteiger charge is 2.21. The molecule has 0 spiro atoms. The van der Waals surface area contributed by atoms with Gasteiger partial charge in [0.2, 0.25) is 0 Å². The smallest absolute Gasteiger partial charge is 0.264 e. The quantitative estimate of drug-likeness (QED) is 0.166. The van der Waals surface area contributed by atoms with Gasteiger partial charge in [-0.2, -0.15) is 8.42 Å². The van der Waals surface area contributed by atoms with Crippen LogP contribution in [0.2, 0.25) is 0 Å². The van der Waals surface area contributed by atoms with Crippen LogP contribution in [0, 0.1) is 11.8 Å². The molecule has 150 valence electrons. The largest absolute Gasteiger partial charge is 0.267 e. The van der Waals surface area contributed by atoms with Crippen molar-refractivity contribution in [2.75, 3.05) is 6.26 Å². The minimum atomic E-state index is -3.38. The van der Waals surface area contributed by atoms with Gasteiger partial charge in [0.15, 0.2) is 0 Å². The summed E-state index contributed by atoms with van der Waals surface area (Å²) in [6, 6.07) is 0. The molecule has 0 saturated carbocycles. The summed E-state index contributed by atoms with van der Waals surface area (Å²) in [5.41, 5.74) is 0. The Labute approximate surface area is 157 Å². The number of hydrogen-bond acceptors (Lipinski definition) is 3. The van der Waals surface area contributed by atoms with E-state index in [-0.39, 0.29) is 6.10 Å². The molecular formula is C21H42O3S. The molecule has 3 atom stereocenters. The topological polar surface area (TPSA) is 43.4 Å². The van der Waals surface area contributed by atoms with E-state index < -0.39 is 10.1 Å². The molecule has 0 radical (unpaired) electrons. The summed E-state index contributed by atoms with van der Waals surface area (Å²) in [4.78, 5) is 0. The van der Waals surface area contributed by atoms with Crippen LogP contribution in [0.25, 0.3) is 0 Å². The summed E-state index contributed by atoms with van der Waals surface area (Å²) < 4.78 is 28.5. The lowest BCUT2D eigenvalue weighted by atomic mass is 9.90. The predicted molar refractivity (Wildman–Crippen MR) is 109 cm³/mol. The fourth-order valence-electron chi connectivity index (χ4n) is 3.42. The molecule has 0 aromatic carbocycles. The van der Waals surface area contributed by atoms with Crippen molar-refractivity contribution in [1.29, 1.82) is 0 Å². The van der Waals surface area contributed by atoms with Crippen molar-refractivity contribution in [3.05, 3.63) is 12.7 Å². The van der Waals surface area contributed by atoms with Gasteiger partial charge in [-0.05, 0) is 37.5 Å². The van der Waals surface area contributed by atoms with Crippen molar-refractivity contribution in [3.63, 3.8) is 0 Å². The fraction of sp³-hybridized carbons (Fsp3) is 0.905. The lowest BCUT2D eigenvalue weighted by molar-refractivity contribution is 0.146. The van der Waals surface area contributed by atoms with Gasteiger partial charge in [-0.25, -0.2) is 0 Å². The van der Waals surface area contributed by atoms with Gasteiger partial charge in [0.25, 0.3) is 10.1 Å².